The van der Waals surface area contributed by atoms with E-state index in [0.29, 0.717) is 16.3 Å². The summed E-state index contributed by atoms with van der Waals surface area (Å²) in [6.07, 6.45) is 0.0890. The van der Waals surface area contributed by atoms with Crippen LogP contribution in [0.3, 0.4) is 0 Å². The molecule has 34 heavy (non-hydrogen) atoms. The van der Waals surface area contributed by atoms with Gasteiger partial charge in [0.2, 0.25) is 5.91 Å². The minimum Gasteiger partial charge on any atom is -0.497 e. The molecule has 0 spiro atoms. The van der Waals surface area contributed by atoms with Crippen molar-refractivity contribution < 1.29 is 23.9 Å². The molecule has 1 saturated heterocycles. The molecule has 1 fully saturated rings. The zero-order valence-corrected chi connectivity index (χ0v) is 18.8. The Hall–Kier alpha value is -4.40. The fraction of sp³-hybridized carbons (Fsp3) is 0.200. The number of carbonyl (C=O) groups is 4. The summed E-state index contributed by atoms with van der Waals surface area (Å²) in [4.78, 5) is 50.2. The number of carbonyl (C=O) groups excluding carboxylic acids is 4. The van der Waals surface area contributed by atoms with Crippen molar-refractivity contribution in [1.82, 2.24) is 21.1 Å². The average Bonchev–Trinajstić information content (AvgIpc) is 3.07. The van der Waals surface area contributed by atoms with Crippen LogP contribution in [0, 0.1) is 0 Å². The Morgan fingerprint density at radius 2 is 1.74 bits per heavy atom. The molecule has 5 amide bonds. The maximum Gasteiger partial charge on any atom is 0.344 e. The first-order valence-corrected chi connectivity index (χ1v) is 10.7. The minimum atomic E-state index is -1.38. The molecule has 1 aliphatic heterocycles. The number of hydrogen-bond acceptors (Lipinski definition) is 5. The van der Waals surface area contributed by atoms with Crippen molar-refractivity contribution in [2.24, 2.45) is 0 Å². The molecule has 0 aliphatic carbocycles. The van der Waals surface area contributed by atoms with Crippen molar-refractivity contribution in [2.75, 3.05) is 13.7 Å². The summed E-state index contributed by atoms with van der Waals surface area (Å²) in [5, 5.41) is 7.73. The second-order valence-corrected chi connectivity index (χ2v) is 8.05. The summed E-state index contributed by atoms with van der Waals surface area (Å²) < 4.78 is 5.19. The van der Waals surface area contributed by atoms with Gasteiger partial charge in [-0.3, -0.25) is 19.8 Å². The Labute approximate surface area is 196 Å². The van der Waals surface area contributed by atoms with E-state index < -0.39 is 29.9 Å². The number of amides is 5. The number of hydrazine groups is 1. The Kier molecular flexibility index (Phi) is 6.18. The molecule has 3 N–H and O–H groups in total. The molecule has 9 nitrogen and oxygen atoms in total. The lowest BCUT2D eigenvalue weighted by molar-refractivity contribution is -0.138. The van der Waals surface area contributed by atoms with Crippen molar-refractivity contribution in [3.63, 3.8) is 0 Å². The third-order valence-corrected chi connectivity index (χ3v) is 5.75. The predicted octanol–water partition coefficient (Wildman–Crippen LogP) is 2.01. The van der Waals surface area contributed by atoms with E-state index in [4.69, 9.17) is 4.74 Å². The molecule has 9 heteroatoms. The third kappa shape index (κ3) is 4.40. The summed E-state index contributed by atoms with van der Waals surface area (Å²) >= 11 is 0. The van der Waals surface area contributed by atoms with Crippen molar-refractivity contribution >= 4 is 34.5 Å². The Bertz CT molecular complexity index is 1290. The van der Waals surface area contributed by atoms with E-state index in [-0.39, 0.29) is 12.3 Å². The first-order valence-electron chi connectivity index (χ1n) is 10.7. The van der Waals surface area contributed by atoms with Crippen LogP contribution in [-0.2, 0) is 26.3 Å². The molecular formula is C25H24N4O5. The average molecular weight is 460 g/mol. The molecular weight excluding hydrogens is 436 g/mol. The number of rotatable bonds is 7. The van der Waals surface area contributed by atoms with Crippen LogP contribution in [0.4, 0.5) is 4.79 Å². The second kappa shape index (κ2) is 9.22. The fourth-order valence-corrected chi connectivity index (χ4v) is 3.90. The number of benzene rings is 3. The van der Waals surface area contributed by atoms with Crippen LogP contribution in [0.15, 0.2) is 66.7 Å². The van der Waals surface area contributed by atoms with E-state index in [0.717, 1.165) is 16.3 Å². The topological polar surface area (TPSA) is 117 Å². The zero-order chi connectivity index (χ0) is 24.3. The standard InChI is InChI=1S/C25H24N4O5/c1-25(18-10-6-11-19(14-18)34-2)23(32)29(24(33)27-25)28-22(31)15-26-21(30)13-17-9-5-8-16-7-3-4-12-20(16)17/h3-12,14H,13,15H2,1-2H3,(H,26,30)(H,27,33)(H,28,31). The van der Waals surface area contributed by atoms with Crippen molar-refractivity contribution in [3.8, 4) is 5.75 Å². The number of nitrogens with zero attached hydrogens (tertiary/aromatic N) is 1. The number of nitrogens with one attached hydrogen (secondary N) is 3. The molecule has 0 bridgehead atoms. The quantitative estimate of drug-likeness (QED) is 0.467. The Balaban J connectivity index is 1.36. The lowest BCUT2D eigenvalue weighted by atomic mass is 9.92. The molecule has 1 unspecified atom stereocenters. The molecule has 0 saturated carbocycles. The number of fused-ring (bicyclic) bond motifs is 1. The lowest BCUT2D eigenvalue weighted by Gasteiger charge is -2.22. The van der Waals surface area contributed by atoms with Crippen molar-refractivity contribution in [2.45, 2.75) is 18.9 Å². The van der Waals surface area contributed by atoms with Crippen LogP contribution in [0.2, 0.25) is 0 Å². The first kappa shape index (κ1) is 22.8. The van der Waals surface area contributed by atoms with E-state index in [1.807, 2.05) is 42.5 Å². The normalized spacial score (nSPS) is 17.4. The molecule has 174 valence electrons. The van der Waals surface area contributed by atoms with E-state index in [2.05, 4.69) is 16.1 Å². The highest BCUT2D eigenvalue weighted by molar-refractivity contribution is 6.08. The van der Waals surface area contributed by atoms with Gasteiger partial charge in [0, 0.05) is 0 Å². The minimum absolute atomic E-state index is 0.0890. The highest BCUT2D eigenvalue weighted by atomic mass is 16.5. The van der Waals surface area contributed by atoms with Gasteiger partial charge in [0.15, 0.2) is 0 Å². The molecule has 0 aromatic heterocycles. The summed E-state index contributed by atoms with van der Waals surface area (Å²) in [5.74, 6) is -1.19. The van der Waals surface area contributed by atoms with E-state index >= 15 is 0 Å². The molecule has 3 aromatic carbocycles. The number of urea groups is 1. The molecule has 1 heterocycles. The first-order chi connectivity index (χ1) is 16.3. The molecule has 1 atom stereocenters. The third-order valence-electron chi connectivity index (χ3n) is 5.75. The van der Waals surface area contributed by atoms with Crippen LogP contribution in [0.1, 0.15) is 18.1 Å². The van der Waals surface area contributed by atoms with Gasteiger partial charge in [-0.1, -0.05) is 54.6 Å². The molecule has 3 aromatic rings. The van der Waals surface area contributed by atoms with Crippen LogP contribution >= 0.6 is 0 Å². The lowest BCUT2D eigenvalue weighted by Crippen LogP contribution is -2.50. The van der Waals surface area contributed by atoms with Crippen LogP contribution in [0.25, 0.3) is 10.8 Å². The molecule has 0 radical (unpaired) electrons. The van der Waals surface area contributed by atoms with Crippen molar-refractivity contribution in [1.29, 1.82) is 0 Å². The van der Waals surface area contributed by atoms with E-state index in [9.17, 15) is 19.2 Å². The summed E-state index contributed by atoms with van der Waals surface area (Å²) in [7, 11) is 1.50. The highest BCUT2D eigenvalue weighted by Gasteiger charge is 2.50. The van der Waals surface area contributed by atoms with Crippen molar-refractivity contribution in [3.05, 3.63) is 77.9 Å². The van der Waals surface area contributed by atoms with Crippen LogP contribution < -0.4 is 20.8 Å². The van der Waals surface area contributed by atoms with Gasteiger partial charge in [-0.2, -0.15) is 5.01 Å². The summed E-state index contributed by atoms with van der Waals surface area (Å²) in [5.41, 5.74) is 2.23. The fourth-order valence-electron chi connectivity index (χ4n) is 3.90. The van der Waals surface area contributed by atoms with Crippen LogP contribution in [0.5, 0.6) is 5.75 Å². The predicted molar refractivity (Wildman–Crippen MR) is 125 cm³/mol. The molecule has 4 rings (SSSR count). The number of hydrogen-bond donors (Lipinski definition) is 3. The van der Waals surface area contributed by atoms with Gasteiger partial charge >= 0.3 is 6.03 Å². The summed E-state index contributed by atoms with van der Waals surface area (Å²) in [6, 6.07) is 19.4. The Morgan fingerprint density at radius 3 is 2.53 bits per heavy atom. The van der Waals surface area contributed by atoms with Gasteiger partial charge < -0.3 is 15.4 Å². The van der Waals surface area contributed by atoms with Gasteiger partial charge in [0.1, 0.15) is 11.3 Å². The van der Waals surface area contributed by atoms with Gasteiger partial charge in [-0.15, -0.1) is 0 Å². The van der Waals surface area contributed by atoms with Gasteiger partial charge in [-0.05, 0) is 41.0 Å². The van der Waals surface area contributed by atoms with Crippen LogP contribution in [-0.4, -0.2) is 42.4 Å². The SMILES string of the molecule is COc1cccc(C2(C)NC(=O)N(NC(=O)CNC(=O)Cc3cccc4ccccc34)C2=O)c1. The number of ether oxygens (including phenoxy) is 1. The number of methoxy groups -OCH3 is 1. The summed E-state index contributed by atoms with van der Waals surface area (Å²) in [6.45, 7) is 1.15. The smallest absolute Gasteiger partial charge is 0.344 e. The van der Waals surface area contributed by atoms with E-state index in [1.165, 1.54) is 7.11 Å². The zero-order valence-electron chi connectivity index (χ0n) is 18.8. The van der Waals surface area contributed by atoms with E-state index in [1.54, 1.807) is 31.2 Å². The maximum atomic E-state index is 13.0. The Morgan fingerprint density at radius 1 is 1.00 bits per heavy atom. The molecule has 1 aliphatic rings. The van der Waals surface area contributed by atoms with Gasteiger partial charge in [0.05, 0.1) is 20.1 Å². The van der Waals surface area contributed by atoms with Gasteiger partial charge in [-0.25, -0.2) is 4.79 Å². The monoisotopic (exact) mass is 460 g/mol. The number of imide groups is 1. The maximum absolute atomic E-state index is 13.0. The highest BCUT2D eigenvalue weighted by Crippen LogP contribution is 2.30. The van der Waals surface area contributed by atoms with Gasteiger partial charge in [0.25, 0.3) is 11.8 Å². The second-order valence-electron chi connectivity index (χ2n) is 8.05. The largest absolute Gasteiger partial charge is 0.497 e.